The second-order valence-electron chi connectivity index (χ2n) is 5.90. The average Bonchev–Trinajstić information content (AvgIpc) is 3.02. The highest BCUT2D eigenvalue weighted by molar-refractivity contribution is 5.90. The van der Waals surface area contributed by atoms with Crippen molar-refractivity contribution in [1.29, 1.82) is 5.26 Å². The van der Waals surface area contributed by atoms with Crippen molar-refractivity contribution in [1.82, 2.24) is 9.97 Å². The van der Waals surface area contributed by atoms with Crippen LogP contribution in [-0.2, 0) is 0 Å². The predicted octanol–water partition coefficient (Wildman–Crippen LogP) is 4.16. The number of aryl methyl sites for hydroxylation is 2. The molecule has 1 aromatic heterocycles. The summed E-state index contributed by atoms with van der Waals surface area (Å²) in [6, 6.07) is 10.6. The number of nitriles is 1. The van der Waals surface area contributed by atoms with Gasteiger partial charge in [0.15, 0.2) is 5.75 Å². The molecule has 0 unspecified atom stereocenters. The number of H-pyrrole nitrogens is 1. The Morgan fingerprint density at radius 3 is 2.69 bits per heavy atom. The molecule has 0 aliphatic rings. The molecule has 0 radical (unpaired) electrons. The van der Waals surface area contributed by atoms with E-state index in [4.69, 9.17) is 4.74 Å². The topological polar surface area (TPSA) is 105 Å². The van der Waals surface area contributed by atoms with Crippen LogP contribution < -0.4 is 4.74 Å². The van der Waals surface area contributed by atoms with Crippen molar-refractivity contribution in [3.05, 3.63) is 63.0 Å². The standard InChI is InChI=1S/C19H16N4O3/c1-11-6-15-16(7-12(11)2)22-19(21-15)14(10-20)8-13-4-5-18(26-3)17(9-13)23(24)25/h4-9H,1-3H3,(H,21,22)/b14-8+. The molecule has 3 aromatic rings. The summed E-state index contributed by atoms with van der Waals surface area (Å²) in [6.45, 7) is 4.01. The second-order valence-corrected chi connectivity index (χ2v) is 5.90. The van der Waals surface area contributed by atoms with Crippen LogP contribution in [0.25, 0.3) is 22.7 Å². The first kappa shape index (κ1) is 17.2. The van der Waals surface area contributed by atoms with Gasteiger partial charge in [-0.25, -0.2) is 4.98 Å². The van der Waals surface area contributed by atoms with E-state index in [0.717, 1.165) is 22.2 Å². The number of nitro benzene ring substituents is 1. The largest absolute Gasteiger partial charge is 0.490 e. The number of methoxy groups -OCH3 is 1. The number of nitrogens with zero attached hydrogens (tertiary/aromatic N) is 3. The minimum absolute atomic E-state index is 0.158. The first-order chi connectivity index (χ1) is 12.4. The number of allylic oxidation sites excluding steroid dienone is 1. The van der Waals surface area contributed by atoms with Crippen LogP contribution >= 0.6 is 0 Å². The van der Waals surface area contributed by atoms with E-state index in [9.17, 15) is 15.4 Å². The van der Waals surface area contributed by atoms with E-state index in [-0.39, 0.29) is 17.0 Å². The summed E-state index contributed by atoms with van der Waals surface area (Å²) in [5.74, 6) is 0.589. The third-order valence-corrected chi connectivity index (χ3v) is 4.18. The summed E-state index contributed by atoms with van der Waals surface area (Å²) in [6.07, 6.45) is 1.56. The number of fused-ring (bicyclic) bond motifs is 1. The number of ether oxygens (including phenoxy) is 1. The van der Waals surface area contributed by atoms with Crippen molar-refractivity contribution >= 4 is 28.4 Å². The lowest BCUT2D eigenvalue weighted by atomic mass is 10.1. The molecular weight excluding hydrogens is 332 g/mol. The molecule has 1 N–H and O–H groups in total. The van der Waals surface area contributed by atoms with Crippen LogP contribution in [0.4, 0.5) is 5.69 Å². The van der Waals surface area contributed by atoms with Crippen molar-refractivity contribution in [2.24, 2.45) is 0 Å². The number of imidazole rings is 1. The normalized spacial score (nSPS) is 11.4. The minimum Gasteiger partial charge on any atom is -0.490 e. The lowest BCUT2D eigenvalue weighted by Crippen LogP contribution is -1.94. The van der Waals surface area contributed by atoms with Crippen LogP contribution in [0, 0.1) is 35.3 Å². The zero-order chi connectivity index (χ0) is 18.8. The molecule has 0 spiro atoms. The number of rotatable bonds is 4. The monoisotopic (exact) mass is 348 g/mol. The number of aromatic amines is 1. The van der Waals surface area contributed by atoms with E-state index in [0.29, 0.717) is 11.4 Å². The number of nitro groups is 1. The van der Waals surface area contributed by atoms with Gasteiger partial charge in [-0.05, 0) is 54.8 Å². The summed E-state index contributed by atoms with van der Waals surface area (Å²) < 4.78 is 4.99. The average molecular weight is 348 g/mol. The summed E-state index contributed by atoms with van der Waals surface area (Å²) >= 11 is 0. The zero-order valence-electron chi connectivity index (χ0n) is 14.5. The van der Waals surface area contributed by atoms with Crippen molar-refractivity contribution in [3.63, 3.8) is 0 Å². The fourth-order valence-electron chi connectivity index (χ4n) is 2.66. The van der Waals surface area contributed by atoms with Gasteiger partial charge in [-0.2, -0.15) is 5.26 Å². The van der Waals surface area contributed by atoms with Crippen LogP contribution in [0.5, 0.6) is 5.75 Å². The molecule has 130 valence electrons. The molecule has 2 aromatic carbocycles. The van der Waals surface area contributed by atoms with Crippen molar-refractivity contribution < 1.29 is 9.66 Å². The van der Waals surface area contributed by atoms with Gasteiger partial charge < -0.3 is 9.72 Å². The molecule has 26 heavy (non-hydrogen) atoms. The first-order valence-electron chi connectivity index (χ1n) is 7.84. The van der Waals surface area contributed by atoms with Crippen molar-refractivity contribution in [2.45, 2.75) is 13.8 Å². The van der Waals surface area contributed by atoms with Gasteiger partial charge in [0.1, 0.15) is 11.9 Å². The van der Waals surface area contributed by atoms with Gasteiger partial charge in [0.2, 0.25) is 0 Å². The Kier molecular flexibility index (Phi) is 4.42. The number of benzene rings is 2. The predicted molar refractivity (Wildman–Crippen MR) is 98.7 cm³/mol. The fraction of sp³-hybridized carbons (Fsp3) is 0.158. The molecule has 0 saturated heterocycles. The van der Waals surface area contributed by atoms with E-state index in [1.165, 1.54) is 19.2 Å². The molecule has 7 heteroatoms. The molecule has 0 bridgehead atoms. The first-order valence-corrected chi connectivity index (χ1v) is 7.84. The SMILES string of the molecule is COc1ccc(/C=C(\C#N)c2nc3cc(C)c(C)cc3[nH]2)cc1[N+](=O)[O-]. The van der Waals surface area contributed by atoms with Crippen LogP contribution in [-0.4, -0.2) is 22.0 Å². The third-order valence-electron chi connectivity index (χ3n) is 4.18. The quantitative estimate of drug-likeness (QED) is 0.433. The van der Waals surface area contributed by atoms with E-state index < -0.39 is 4.92 Å². The molecule has 1 heterocycles. The molecule has 0 amide bonds. The minimum atomic E-state index is -0.519. The van der Waals surface area contributed by atoms with Gasteiger partial charge >= 0.3 is 5.69 Å². The van der Waals surface area contributed by atoms with Gasteiger partial charge in [-0.15, -0.1) is 0 Å². The highest BCUT2D eigenvalue weighted by Crippen LogP contribution is 2.29. The van der Waals surface area contributed by atoms with E-state index in [2.05, 4.69) is 16.0 Å². The molecule has 7 nitrogen and oxygen atoms in total. The molecule has 0 aliphatic carbocycles. The van der Waals surface area contributed by atoms with Crippen molar-refractivity contribution in [3.8, 4) is 11.8 Å². The summed E-state index contributed by atoms with van der Waals surface area (Å²) in [4.78, 5) is 18.2. The molecule has 0 fully saturated rings. The van der Waals surface area contributed by atoms with Gasteiger partial charge in [-0.3, -0.25) is 10.1 Å². The fourth-order valence-corrected chi connectivity index (χ4v) is 2.66. The van der Waals surface area contributed by atoms with Crippen LogP contribution in [0.2, 0.25) is 0 Å². The maximum atomic E-state index is 11.2. The molecular formula is C19H16N4O3. The smallest absolute Gasteiger partial charge is 0.311 e. The Morgan fingerprint density at radius 2 is 2.04 bits per heavy atom. The number of hydrogen-bond donors (Lipinski definition) is 1. The third kappa shape index (κ3) is 3.13. The number of nitrogens with one attached hydrogen (secondary N) is 1. The zero-order valence-corrected chi connectivity index (χ0v) is 14.5. The van der Waals surface area contributed by atoms with Crippen LogP contribution in [0.15, 0.2) is 30.3 Å². The Morgan fingerprint density at radius 1 is 1.31 bits per heavy atom. The van der Waals surface area contributed by atoms with E-state index in [1.807, 2.05) is 26.0 Å². The van der Waals surface area contributed by atoms with Crippen LogP contribution in [0.3, 0.4) is 0 Å². The van der Waals surface area contributed by atoms with Crippen LogP contribution in [0.1, 0.15) is 22.5 Å². The summed E-state index contributed by atoms with van der Waals surface area (Å²) in [5, 5.41) is 20.7. The molecule has 0 aliphatic heterocycles. The van der Waals surface area contributed by atoms with Gasteiger partial charge in [-0.1, -0.05) is 6.07 Å². The Bertz CT molecular complexity index is 1050. The van der Waals surface area contributed by atoms with Gasteiger partial charge in [0.25, 0.3) is 0 Å². The molecule has 3 rings (SSSR count). The summed E-state index contributed by atoms with van der Waals surface area (Å²) in [5.41, 5.74) is 4.49. The molecule has 0 atom stereocenters. The van der Waals surface area contributed by atoms with E-state index >= 15 is 0 Å². The lowest BCUT2D eigenvalue weighted by molar-refractivity contribution is -0.385. The number of aromatic nitrogens is 2. The Hall–Kier alpha value is -3.66. The highest BCUT2D eigenvalue weighted by atomic mass is 16.6. The lowest BCUT2D eigenvalue weighted by Gasteiger charge is -2.02. The highest BCUT2D eigenvalue weighted by Gasteiger charge is 2.15. The van der Waals surface area contributed by atoms with Gasteiger partial charge in [0.05, 0.1) is 28.6 Å². The Labute approximate surface area is 149 Å². The second kappa shape index (κ2) is 6.69. The number of hydrogen-bond acceptors (Lipinski definition) is 5. The summed E-state index contributed by atoms with van der Waals surface area (Å²) in [7, 11) is 1.37. The van der Waals surface area contributed by atoms with Crippen molar-refractivity contribution in [2.75, 3.05) is 7.11 Å². The van der Waals surface area contributed by atoms with E-state index in [1.54, 1.807) is 12.1 Å². The Balaban J connectivity index is 2.08. The maximum absolute atomic E-state index is 11.2. The van der Waals surface area contributed by atoms with Gasteiger partial charge in [0, 0.05) is 6.07 Å². The molecule has 0 saturated carbocycles. The maximum Gasteiger partial charge on any atom is 0.311 e.